The Labute approximate surface area is 185 Å². The summed E-state index contributed by atoms with van der Waals surface area (Å²) in [5, 5.41) is 9.40. The van der Waals surface area contributed by atoms with Gasteiger partial charge in [-0.1, -0.05) is 75.6 Å². The fraction of sp³-hybridized carbons (Fsp3) is 0.286. The van der Waals surface area contributed by atoms with Crippen molar-refractivity contribution in [1.82, 2.24) is 0 Å². The van der Waals surface area contributed by atoms with Crippen LogP contribution in [-0.2, 0) is 12.8 Å². The number of rotatable bonds is 9. The van der Waals surface area contributed by atoms with Gasteiger partial charge in [0.1, 0.15) is 11.8 Å². The van der Waals surface area contributed by atoms with Gasteiger partial charge in [0.15, 0.2) is 0 Å². The summed E-state index contributed by atoms with van der Waals surface area (Å²) in [6, 6.07) is 23.5. The summed E-state index contributed by atoms with van der Waals surface area (Å²) >= 11 is 0. The zero-order valence-corrected chi connectivity index (χ0v) is 18.4. The molecule has 0 saturated carbocycles. The van der Waals surface area contributed by atoms with Crippen molar-refractivity contribution in [3.63, 3.8) is 0 Å². The normalized spacial score (nSPS) is 10.5. The molecule has 0 aromatic heterocycles. The number of unbranched alkanes of at least 4 members (excludes halogenated alkanes) is 2. The van der Waals surface area contributed by atoms with Crippen LogP contribution in [0.5, 0.6) is 5.75 Å². The smallest absolute Gasteiger partial charge is 0.343 e. The van der Waals surface area contributed by atoms with E-state index in [1.165, 1.54) is 24.8 Å². The Hall–Kier alpha value is -3.38. The molecule has 0 unspecified atom stereocenters. The van der Waals surface area contributed by atoms with Crippen LogP contribution < -0.4 is 4.74 Å². The number of ether oxygens (including phenoxy) is 1. The van der Waals surface area contributed by atoms with Crippen molar-refractivity contribution < 1.29 is 9.53 Å². The topological polar surface area (TPSA) is 50.1 Å². The quantitative estimate of drug-likeness (QED) is 0.214. The highest BCUT2D eigenvalue weighted by Crippen LogP contribution is 2.24. The minimum atomic E-state index is -0.461. The van der Waals surface area contributed by atoms with E-state index in [0.717, 1.165) is 36.0 Å². The molecule has 0 spiro atoms. The Kier molecular flexibility index (Phi) is 8.01. The van der Waals surface area contributed by atoms with Crippen molar-refractivity contribution in [1.29, 1.82) is 5.26 Å². The highest BCUT2D eigenvalue weighted by atomic mass is 16.5. The van der Waals surface area contributed by atoms with Crippen LogP contribution in [0.1, 0.15) is 66.6 Å². The van der Waals surface area contributed by atoms with Gasteiger partial charge in [0.2, 0.25) is 0 Å². The van der Waals surface area contributed by atoms with Crippen LogP contribution in [0, 0.1) is 11.3 Å². The fourth-order valence-electron chi connectivity index (χ4n) is 3.60. The van der Waals surface area contributed by atoms with Crippen molar-refractivity contribution in [2.24, 2.45) is 0 Å². The highest BCUT2D eigenvalue weighted by Gasteiger charge is 2.13. The lowest BCUT2D eigenvalue weighted by atomic mass is 10.0. The van der Waals surface area contributed by atoms with E-state index in [1.54, 1.807) is 24.3 Å². The van der Waals surface area contributed by atoms with Crippen LogP contribution in [0.4, 0.5) is 0 Å². The number of aryl methyl sites for hydroxylation is 2. The summed E-state index contributed by atoms with van der Waals surface area (Å²) in [6.07, 6.45) is 6.72. The molecule has 3 heteroatoms. The maximum absolute atomic E-state index is 12.6. The Bertz CT molecular complexity index is 1040. The second kappa shape index (κ2) is 11.1. The van der Waals surface area contributed by atoms with Crippen LogP contribution in [0.3, 0.4) is 0 Å². The zero-order valence-electron chi connectivity index (χ0n) is 18.4. The molecule has 3 rings (SSSR count). The van der Waals surface area contributed by atoms with E-state index in [4.69, 9.17) is 4.74 Å². The molecular weight excluding hydrogens is 382 g/mol. The predicted octanol–water partition coefficient (Wildman–Crippen LogP) is 7.13. The van der Waals surface area contributed by atoms with E-state index in [1.807, 2.05) is 18.2 Å². The van der Waals surface area contributed by atoms with Crippen molar-refractivity contribution in [2.45, 2.75) is 52.4 Å². The number of carbonyl (C=O) groups excluding carboxylic acids is 1. The molecule has 0 aliphatic heterocycles. The maximum Gasteiger partial charge on any atom is 0.343 e. The Morgan fingerprint density at radius 1 is 0.806 bits per heavy atom. The molecule has 0 aliphatic carbocycles. The van der Waals surface area contributed by atoms with Gasteiger partial charge in [-0.15, -0.1) is 0 Å². The molecule has 0 N–H and O–H groups in total. The molecule has 31 heavy (non-hydrogen) atoms. The van der Waals surface area contributed by atoms with Crippen LogP contribution in [-0.4, -0.2) is 5.97 Å². The molecule has 3 nitrogen and oxygen atoms in total. The number of hydrogen-bond donors (Lipinski definition) is 0. The molecule has 0 aliphatic rings. The number of nitrogens with zero attached hydrogens (tertiary/aromatic N) is 1. The first-order chi connectivity index (χ1) is 15.1. The molecule has 0 radical (unpaired) electrons. The third kappa shape index (κ3) is 6.06. The number of esters is 1. The van der Waals surface area contributed by atoms with Crippen molar-refractivity contribution in [2.75, 3.05) is 0 Å². The standard InChI is InChI=1S/C28H29NO2/c1-3-5-6-8-21-9-12-23(13-10-21)24-14-16-25(17-15-24)28(30)31-27-18-11-22(7-4-2)19-26(27)20-29/h9-19H,3-8H2,1-2H3. The zero-order chi connectivity index (χ0) is 22.1. The average molecular weight is 412 g/mol. The van der Waals surface area contributed by atoms with Gasteiger partial charge < -0.3 is 4.74 Å². The third-order valence-corrected chi connectivity index (χ3v) is 5.38. The summed E-state index contributed by atoms with van der Waals surface area (Å²) in [5.74, 6) is -0.160. The summed E-state index contributed by atoms with van der Waals surface area (Å²) in [6.45, 7) is 4.31. The average Bonchev–Trinajstić information content (AvgIpc) is 2.81. The van der Waals surface area contributed by atoms with Crippen LogP contribution in [0.25, 0.3) is 11.1 Å². The molecular formula is C28H29NO2. The first kappa shape index (κ1) is 22.3. The summed E-state index contributed by atoms with van der Waals surface area (Å²) in [7, 11) is 0. The van der Waals surface area contributed by atoms with Crippen LogP contribution >= 0.6 is 0 Å². The minimum absolute atomic E-state index is 0.301. The maximum atomic E-state index is 12.6. The Balaban J connectivity index is 1.67. The van der Waals surface area contributed by atoms with Crippen molar-refractivity contribution >= 4 is 5.97 Å². The lowest BCUT2D eigenvalue weighted by molar-refractivity contribution is 0.0734. The number of nitriles is 1. The Morgan fingerprint density at radius 3 is 2.06 bits per heavy atom. The molecule has 3 aromatic carbocycles. The molecule has 0 saturated heterocycles. The number of carbonyl (C=O) groups is 1. The molecule has 0 fully saturated rings. The molecule has 0 amide bonds. The van der Waals surface area contributed by atoms with E-state index < -0.39 is 5.97 Å². The molecule has 158 valence electrons. The predicted molar refractivity (Wildman–Crippen MR) is 125 cm³/mol. The molecule has 0 bridgehead atoms. The third-order valence-electron chi connectivity index (χ3n) is 5.38. The first-order valence-electron chi connectivity index (χ1n) is 11.1. The van der Waals surface area contributed by atoms with Crippen LogP contribution in [0.15, 0.2) is 66.7 Å². The van der Waals surface area contributed by atoms with Gasteiger partial charge in [-0.25, -0.2) is 4.79 Å². The highest BCUT2D eigenvalue weighted by molar-refractivity contribution is 5.92. The Morgan fingerprint density at radius 2 is 1.45 bits per heavy atom. The lowest BCUT2D eigenvalue weighted by Crippen LogP contribution is -2.09. The lowest BCUT2D eigenvalue weighted by Gasteiger charge is -2.09. The number of benzene rings is 3. The van der Waals surface area contributed by atoms with E-state index >= 15 is 0 Å². The van der Waals surface area contributed by atoms with Gasteiger partial charge >= 0.3 is 5.97 Å². The molecule has 3 aromatic rings. The van der Waals surface area contributed by atoms with E-state index in [0.29, 0.717) is 16.9 Å². The van der Waals surface area contributed by atoms with E-state index in [2.05, 4.69) is 44.2 Å². The van der Waals surface area contributed by atoms with E-state index in [-0.39, 0.29) is 0 Å². The van der Waals surface area contributed by atoms with Gasteiger partial charge in [0.05, 0.1) is 11.1 Å². The molecule has 0 atom stereocenters. The summed E-state index contributed by atoms with van der Waals surface area (Å²) in [5.41, 5.74) is 5.45. The summed E-state index contributed by atoms with van der Waals surface area (Å²) < 4.78 is 5.50. The summed E-state index contributed by atoms with van der Waals surface area (Å²) in [4.78, 5) is 12.6. The fourth-order valence-corrected chi connectivity index (χ4v) is 3.60. The largest absolute Gasteiger partial charge is 0.422 e. The number of hydrogen-bond acceptors (Lipinski definition) is 3. The van der Waals surface area contributed by atoms with Gasteiger partial charge in [-0.2, -0.15) is 5.26 Å². The molecule has 0 heterocycles. The second-order valence-electron chi connectivity index (χ2n) is 7.81. The minimum Gasteiger partial charge on any atom is -0.422 e. The van der Waals surface area contributed by atoms with Crippen LogP contribution in [0.2, 0.25) is 0 Å². The van der Waals surface area contributed by atoms with E-state index in [9.17, 15) is 10.1 Å². The van der Waals surface area contributed by atoms with Crippen molar-refractivity contribution in [3.05, 3.63) is 89.0 Å². The van der Waals surface area contributed by atoms with Gasteiger partial charge in [0.25, 0.3) is 0 Å². The first-order valence-corrected chi connectivity index (χ1v) is 11.1. The van der Waals surface area contributed by atoms with Gasteiger partial charge in [-0.05, 0) is 65.8 Å². The SMILES string of the molecule is CCCCCc1ccc(-c2ccc(C(=O)Oc3ccc(CCC)cc3C#N)cc2)cc1. The van der Waals surface area contributed by atoms with Crippen molar-refractivity contribution in [3.8, 4) is 22.9 Å². The van der Waals surface area contributed by atoms with Gasteiger partial charge in [0, 0.05) is 0 Å². The second-order valence-corrected chi connectivity index (χ2v) is 7.81. The van der Waals surface area contributed by atoms with Gasteiger partial charge in [-0.3, -0.25) is 0 Å². The monoisotopic (exact) mass is 411 g/mol.